The molecule has 134 valence electrons. The molecule has 0 saturated carbocycles. The van der Waals surface area contributed by atoms with Crippen LogP contribution in [-0.2, 0) is 5.41 Å². The fourth-order valence-corrected chi connectivity index (χ4v) is 3.29. The molecule has 0 aliphatic rings. The largest absolute Gasteiger partial charge is 0.422 e. The molecule has 0 heterocycles. The number of hydrogen-bond acceptors (Lipinski definition) is 2. The van der Waals surface area contributed by atoms with Gasteiger partial charge in [-0.15, -0.1) is 0 Å². The molecule has 2 nitrogen and oxygen atoms in total. The molecule has 0 bridgehead atoms. The Balaban J connectivity index is 1.68. The second-order valence-corrected chi connectivity index (χ2v) is 7.89. The first-order valence-electron chi connectivity index (χ1n) is 9.16. The highest BCUT2D eigenvalue weighted by atomic mass is 16.5. The topological polar surface area (TPSA) is 26.3 Å². The Hall–Kier alpha value is -3.13. The number of benzene rings is 4. The van der Waals surface area contributed by atoms with Crippen molar-refractivity contribution in [1.29, 1.82) is 0 Å². The predicted molar refractivity (Wildman–Crippen MR) is 112 cm³/mol. The molecule has 0 fully saturated rings. The van der Waals surface area contributed by atoms with Crippen LogP contribution < -0.4 is 4.74 Å². The Bertz CT molecular complexity index is 1130. The molecule has 0 aliphatic carbocycles. The maximum absolute atomic E-state index is 12.7. The molecule has 2 heteroatoms. The lowest BCUT2D eigenvalue weighted by Crippen LogP contribution is -2.13. The summed E-state index contributed by atoms with van der Waals surface area (Å²) in [5.41, 5.74) is 1.80. The van der Waals surface area contributed by atoms with Gasteiger partial charge in [-0.05, 0) is 57.5 Å². The van der Waals surface area contributed by atoms with E-state index >= 15 is 0 Å². The normalized spacial score (nSPS) is 11.7. The highest BCUT2D eigenvalue weighted by molar-refractivity contribution is 6.02. The van der Waals surface area contributed by atoms with E-state index in [0.717, 1.165) is 16.2 Å². The van der Waals surface area contributed by atoms with Crippen molar-refractivity contribution in [3.05, 3.63) is 90.0 Å². The molecule has 0 amide bonds. The molecule has 27 heavy (non-hydrogen) atoms. The Morgan fingerprint density at radius 3 is 2.04 bits per heavy atom. The smallest absolute Gasteiger partial charge is 0.343 e. The molecule has 0 aliphatic heterocycles. The van der Waals surface area contributed by atoms with Gasteiger partial charge >= 0.3 is 5.97 Å². The molecule has 4 aromatic carbocycles. The van der Waals surface area contributed by atoms with E-state index in [0.29, 0.717) is 11.3 Å². The van der Waals surface area contributed by atoms with Crippen LogP contribution in [0.5, 0.6) is 5.75 Å². The first kappa shape index (κ1) is 17.3. The number of esters is 1. The molecule has 4 rings (SSSR count). The van der Waals surface area contributed by atoms with E-state index in [4.69, 9.17) is 4.74 Å². The van der Waals surface area contributed by atoms with Crippen LogP contribution in [0.15, 0.2) is 78.9 Å². The Labute approximate surface area is 159 Å². The van der Waals surface area contributed by atoms with Crippen molar-refractivity contribution in [2.24, 2.45) is 0 Å². The third-order valence-corrected chi connectivity index (χ3v) is 4.90. The van der Waals surface area contributed by atoms with Crippen molar-refractivity contribution in [2.45, 2.75) is 26.2 Å². The average Bonchev–Trinajstić information content (AvgIpc) is 2.66. The van der Waals surface area contributed by atoms with Gasteiger partial charge in [0.1, 0.15) is 5.75 Å². The van der Waals surface area contributed by atoms with Gasteiger partial charge in [0.05, 0.1) is 5.56 Å². The van der Waals surface area contributed by atoms with Crippen molar-refractivity contribution >= 4 is 27.5 Å². The number of hydrogen-bond donors (Lipinski definition) is 0. The van der Waals surface area contributed by atoms with E-state index < -0.39 is 0 Å². The minimum atomic E-state index is -0.337. The van der Waals surface area contributed by atoms with Crippen LogP contribution in [0.4, 0.5) is 0 Å². The van der Waals surface area contributed by atoms with Crippen LogP contribution in [0.25, 0.3) is 21.5 Å². The van der Waals surface area contributed by atoms with E-state index in [2.05, 4.69) is 45.0 Å². The highest BCUT2D eigenvalue weighted by Crippen LogP contribution is 2.30. The molecule has 0 aromatic heterocycles. The van der Waals surface area contributed by atoms with E-state index in [1.807, 2.05) is 54.6 Å². The summed E-state index contributed by atoms with van der Waals surface area (Å²) in [7, 11) is 0. The lowest BCUT2D eigenvalue weighted by atomic mass is 9.87. The fraction of sp³-hybridized carbons (Fsp3) is 0.160. The quantitative estimate of drug-likeness (QED) is 0.233. The first-order valence-corrected chi connectivity index (χ1v) is 9.16. The maximum Gasteiger partial charge on any atom is 0.343 e. The van der Waals surface area contributed by atoms with E-state index in [-0.39, 0.29) is 11.4 Å². The summed E-state index contributed by atoms with van der Waals surface area (Å²) in [5.74, 6) is 0.249. The highest BCUT2D eigenvalue weighted by Gasteiger charge is 2.16. The van der Waals surface area contributed by atoms with Crippen LogP contribution in [0.3, 0.4) is 0 Å². The average molecular weight is 354 g/mol. The van der Waals surface area contributed by atoms with Crippen LogP contribution in [0.2, 0.25) is 0 Å². The first-order chi connectivity index (χ1) is 12.9. The number of carbonyl (C=O) groups is 1. The minimum Gasteiger partial charge on any atom is -0.422 e. The van der Waals surface area contributed by atoms with Gasteiger partial charge in [-0.1, -0.05) is 69.3 Å². The molecule has 0 spiro atoms. The molecular formula is C25H22O2. The van der Waals surface area contributed by atoms with Gasteiger partial charge in [-0.2, -0.15) is 0 Å². The van der Waals surface area contributed by atoms with Crippen LogP contribution in [-0.4, -0.2) is 5.97 Å². The predicted octanol–water partition coefficient (Wildman–Crippen LogP) is 6.51. The van der Waals surface area contributed by atoms with Gasteiger partial charge in [-0.25, -0.2) is 4.79 Å². The van der Waals surface area contributed by atoms with Gasteiger partial charge in [0, 0.05) is 5.39 Å². The number of fused-ring (bicyclic) bond motifs is 2. The summed E-state index contributed by atoms with van der Waals surface area (Å²) >= 11 is 0. The molecule has 0 saturated heterocycles. The van der Waals surface area contributed by atoms with Crippen molar-refractivity contribution in [3.63, 3.8) is 0 Å². The van der Waals surface area contributed by atoms with E-state index in [9.17, 15) is 4.79 Å². The van der Waals surface area contributed by atoms with Crippen molar-refractivity contribution in [2.75, 3.05) is 0 Å². The Morgan fingerprint density at radius 2 is 1.37 bits per heavy atom. The maximum atomic E-state index is 12.7. The molecule has 0 radical (unpaired) electrons. The molecule has 0 N–H and O–H groups in total. The summed E-state index contributed by atoms with van der Waals surface area (Å²) < 4.78 is 5.75. The SMILES string of the molecule is CC(C)(C)c1ccc(C(=O)Oc2cccc3cc4ccccc4cc23)cc1. The summed E-state index contributed by atoms with van der Waals surface area (Å²) in [6.07, 6.45) is 0. The lowest BCUT2D eigenvalue weighted by Gasteiger charge is -2.19. The minimum absolute atomic E-state index is 0.0547. The van der Waals surface area contributed by atoms with E-state index in [1.54, 1.807) is 0 Å². The summed E-state index contributed by atoms with van der Waals surface area (Å²) in [5, 5.41) is 4.30. The zero-order chi connectivity index (χ0) is 19.0. The summed E-state index contributed by atoms with van der Waals surface area (Å²) in [4.78, 5) is 12.7. The second kappa shape index (κ2) is 6.55. The Morgan fingerprint density at radius 1 is 0.741 bits per heavy atom. The summed E-state index contributed by atoms with van der Waals surface area (Å²) in [6, 6.07) is 25.9. The van der Waals surface area contributed by atoms with Gasteiger partial charge < -0.3 is 4.74 Å². The third kappa shape index (κ3) is 3.43. The second-order valence-electron chi connectivity index (χ2n) is 7.89. The zero-order valence-corrected chi connectivity index (χ0v) is 15.8. The van der Waals surface area contributed by atoms with Crippen molar-refractivity contribution < 1.29 is 9.53 Å². The standard InChI is InChI=1S/C25H22O2/c1-25(2,3)21-13-11-17(12-14-21)24(26)27-23-10-6-9-20-15-18-7-4-5-8-19(18)16-22(20)23/h4-16H,1-3H3. The van der Waals surface area contributed by atoms with Crippen molar-refractivity contribution in [1.82, 2.24) is 0 Å². The van der Waals surface area contributed by atoms with Crippen LogP contribution in [0, 0.1) is 0 Å². The monoisotopic (exact) mass is 354 g/mol. The van der Waals surface area contributed by atoms with Crippen LogP contribution >= 0.6 is 0 Å². The molecule has 4 aromatic rings. The molecular weight excluding hydrogens is 332 g/mol. The molecule has 0 unspecified atom stereocenters. The number of ether oxygens (including phenoxy) is 1. The van der Waals surface area contributed by atoms with Gasteiger partial charge in [0.2, 0.25) is 0 Å². The number of rotatable bonds is 2. The van der Waals surface area contributed by atoms with E-state index in [1.165, 1.54) is 10.9 Å². The van der Waals surface area contributed by atoms with Gasteiger partial charge in [0.25, 0.3) is 0 Å². The summed E-state index contributed by atoms with van der Waals surface area (Å²) in [6.45, 7) is 6.46. The van der Waals surface area contributed by atoms with Gasteiger partial charge in [0.15, 0.2) is 0 Å². The van der Waals surface area contributed by atoms with Crippen LogP contribution in [0.1, 0.15) is 36.7 Å². The lowest BCUT2D eigenvalue weighted by molar-refractivity contribution is 0.0737. The fourth-order valence-electron chi connectivity index (χ4n) is 3.29. The number of carbonyl (C=O) groups excluding carboxylic acids is 1. The zero-order valence-electron chi connectivity index (χ0n) is 15.8. The van der Waals surface area contributed by atoms with Crippen molar-refractivity contribution in [3.8, 4) is 5.75 Å². The Kier molecular flexibility index (Phi) is 4.19. The van der Waals surface area contributed by atoms with Gasteiger partial charge in [-0.3, -0.25) is 0 Å². The third-order valence-electron chi connectivity index (χ3n) is 4.90. The molecule has 0 atom stereocenters.